The standard InChI is InChI=1S/C16H18FN2O8P/c1-16(17)13(21)11(26-14(16)19-8-7-12(20)18-15(19)22)9-25-28(23,24)27-10-5-3-2-4-6-10/h2-8,11,13-14,21H,9H2,1H3,(H,23,24)(H,18,20,22). The van der Waals surface area contributed by atoms with E-state index in [2.05, 4.69) is 0 Å². The summed E-state index contributed by atoms with van der Waals surface area (Å²) in [6.45, 7) is 0.314. The number of aliphatic hydroxyl groups is 1. The number of nitrogens with zero attached hydrogens (tertiary/aromatic N) is 1. The van der Waals surface area contributed by atoms with Crippen molar-refractivity contribution in [2.24, 2.45) is 0 Å². The maximum absolute atomic E-state index is 15.0. The second kappa shape index (κ2) is 7.61. The number of benzene rings is 1. The largest absolute Gasteiger partial charge is 0.527 e. The summed E-state index contributed by atoms with van der Waals surface area (Å²) in [4.78, 5) is 34.8. The van der Waals surface area contributed by atoms with Gasteiger partial charge >= 0.3 is 13.5 Å². The number of aliphatic hydroxyl groups excluding tert-OH is 1. The fourth-order valence-electron chi connectivity index (χ4n) is 2.77. The third-order valence-electron chi connectivity index (χ3n) is 4.19. The van der Waals surface area contributed by atoms with Crippen LogP contribution in [0.15, 0.2) is 52.2 Å². The normalized spacial score (nSPS) is 29.4. The molecule has 152 valence electrons. The van der Waals surface area contributed by atoms with Gasteiger partial charge in [-0.2, -0.15) is 0 Å². The molecule has 5 atom stereocenters. The Hall–Kier alpha value is -2.30. The molecule has 0 amide bonds. The second-order valence-corrected chi connectivity index (χ2v) is 7.69. The van der Waals surface area contributed by atoms with E-state index in [-0.39, 0.29) is 5.75 Å². The number of aromatic nitrogens is 2. The molecule has 2 heterocycles. The van der Waals surface area contributed by atoms with Gasteiger partial charge in [-0.3, -0.25) is 23.8 Å². The highest BCUT2D eigenvalue weighted by molar-refractivity contribution is 7.47. The summed E-state index contributed by atoms with van der Waals surface area (Å²) in [5.41, 5.74) is -4.06. The van der Waals surface area contributed by atoms with E-state index in [9.17, 15) is 24.2 Å². The van der Waals surface area contributed by atoms with Gasteiger partial charge in [0, 0.05) is 12.3 Å². The lowest BCUT2D eigenvalue weighted by molar-refractivity contribution is -0.0603. The minimum Gasteiger partial charge on any atom is -0.404 e. The number of hydrogen-bond acceptors (Lipinski definition) is 7. The van der Waals surface area contributed by atoms with E-state index >= 15 is 4.39 Å². The quantitative estimate of drug-likeness (QED) is 0.585. The van der Waals surface area contributed by atoms with E-state index in [0.29, 0.717) is 0 Å². The number of nitrogens with one attached hydrogen (secondary N) is 1. The highest BCUT2D eigenvalue weighted by Gasteiger charge is 2.55. The summed E-state index contributed by atoms with van der Waals surface area (Å²) in [6.07, 6.45) is -3.73. The Balaban J connectivity index is 1.72. The van der Waals surface area contributed by atoms with E-state index < -0.39 is 49.8 Å². The zero-order valence-electron chi connectivity index (χ0n) is 14.6. The Bertz CT molecular complexity index is 992. The van der Waals surface area contributed by atoms with Crippen LogP contribution in [0.4, 0.5) is 4.39 Å². The SMILES string of the molecule is CC1(F)C(O)C(COP(=O)(O)Oc2ccccc2)OC1n1ccc(=O)[nH]c1=O. The van der Waals surface area contributed by atoms with Gasteiger partial charge in [-0.1, -0.05) is 18.2 Å². The predicted molar refractivity (Wildman–Crippen MR) is 93.6 cm³/mol. The van der Waals surface area contributed by atoms with E-state index in [4.69, 9.17) is 13.8 Å². The van der Waals surface area contributed by atoms with Crippen molar-refractivity contribution in [2.75, 3.05) is 6.61 Å². The maximum Gasteiger partial charge on any atom is 0.527 e. The van der Waals surface area contributed by atoms with Crippen LogP contribution in [0.3, 0.4) is 0 Å². The minimum atomic E-state index is -4.57. The van der Waals surface area contributed by atoms with Gasteiger partial charge in [0.15, 0.2) is 11.9 Å². The number of ether oxygens (including phenoxy) is 1. The van der Waals surface area contributed by atoms with Gasteiger partial charge < -0.3 is 14.4 Å². The van der Waals surface area contributed by atoms with Gasteiger partial charge in [0.1, 0.15) is 18.0 Å². The van der Waals surface area contributed by atoms with Crippen molar-refractivity contribution < 1.29 is 32.7 Å². The predicted octanol–water partition coefficient (Wildman–Crippen LogP) is 0.719. The molecule has 0 radical (unpaired) electrons. The van der Waals surface area contributed by atoms with Crippen LogP contribution < -0.4 is 15.8 Å². The number of para-hydroxylation sites is 1. The monoisotopic (exact) mass is 416 g/mol. The number of hydrogen-bond donors (Lipinski definition) is 3. The van der Waals surface area contributed by atoms with Gasteiger partial charge in [-0.25, -0.2) is 13.8 Å². The summed E-state index contributed by atoms with van der Waals surface area (Å²) in [5, 5.41) is 10.2. The number of halogens is 1. The number of phosphoric ester groups is 1. The number of alkyl halides is 1. The Labute approximate surface area is 157 Å². The van der Waals surface area contributed by atoms with Crippen LogP contribution in [0, 0.1) is 0 Å². The smallest absolute Gasteiger partial charge is 0.404 e. The fourth-order valence-corrected chi connectivity index (χ4v) is 3.55. The first-order valence-corrected chi connectivity index (χ1v) is 9.65. The molecule has 1 aromatic heterocycles. The molecule has 3 N–H and O–H groups in total. The molecule has 1 saturated heterocycles. The lowest BCUT2D eigenvalue weighted by atomic mass is 9.98. The van der Waals surface area contributed by atoms with Crippen LogP contribution >= 0.6 is 7.82 Å². The molecule has 5 unspecified atom stereocenters. The molecule has 12 heteroatoms. The molecule has 0 spiro atoms. The number of phosphoric acid groups is 1. The van der Waals surface area contributed by atoms with E-state index in [1.807, 2.05) is 4.98 Å². The van der Waals surface area contributed by atoms with E-state index in [0.717, 1.165) is 23.8 Å². The Morgan fingerprint density at radius 1 is 1.32 bits per heavy atom. The zero-order chi connectivity index (χ0) is 20.5. The second-order valence-electron chi connectivity index (χ2n) is 6.31. The first-order valence-electron chi connectivity index (χ1n) is 8.16. The summed E-state index contributed by atoms with van der Waals surface area (Å²) < 4.78 is 42.8. The third-order valence-corrected chi connectivity index (χ3v) is 5.10. The van der Waals surface area contributed by atoms with Crippen LogP contribution in [0.2, 0.25) is 0 Å². The Kier molecular flexibility index (Phi) is 5.55. The van der Waals surface area contributed by atoms with Crippen molar-refractivity contribution in [1.82, 2.24) is 9.55 Å². The van der Waals surface area contributed by atoms with Gasteiger partial charge in [0.05, 0.1) is 6.61 Å². The van der Waals surface area contributed by atoms with Gasteiger partial charge in [0.25, 0.3) is 5.56 Å². The fraction of sp³-hybridized carbons (Fsp3) is 0.375. The van der Waals surface area contributed by atoms with Crippen LogP contribution in [0.5, 0.6) is 5.75 Å². The Morgan fingerprint density at radius 3 is 2.64 bits per heavy atom. The lowest BCUT2D eigenvalue weighted by Gasteiger charge is -2.24. The first-order chi connectivity index (χ1) is 13.1. The average Bonchev–Trinajstić information content (AvgIpc) is 2.84. The molecule has 1 fully saturated rings. The molecule has 0 saturated carbocycles. The van der Waals surface area contributed by atoms with Crippen molar-refractivity contribution in [2.45, 2.75) is 31.0 Å². The maximum atomic E-state index is 15.0. The number of aromatic amines is 1. The summed E-state index contributed by atoms with van der Waals surface area (Å²) >= 11 is 0. The molecule has 0 bridgehead atoms. The van der Waals surface area contributed by atoms with Gasteiger partial charge in [0.2, 0.25) is 0 Å². The highest BCUT2D eigenvalue weighted by Crippen LogP contribution is 2.46. The van der Waals surface area contributed by atoms with Crippen LogP contribution in [-0.2, 0) is 13.8 Å². The first kappa shape index (κ1) is 20.4. The number of rotatable bonds is 6. The molecule has 10 nitrogen and oxygen atoms in total. The summed E-state index contributed by atoms with van der Waals surface area (Å²) in [7, 11) is -4.57. The molecule has 2 aromatic rings. The molecular formula is C16H18FN2O8P. The third kappa shape index (κ3) is 4.23. The molecule has 0 aliphatic carbocycles. The van der Waals surface area contributed by atoms with E-state index in [1.165, 1.54) is 12.1 Å². The van der Waals surface area contributed by atoms with Crippen LogP contribution in [0.1, 0.15) is 13.2 Å². The zero-order valence-corrected chi connectivity index (χ0v) is 15.5. The highest BCUT2D eigenvalue weighted by atomic mass is 31.2. The van der Waals surface area contributed by atoms with Crippen molar-refractivity contribution in [1.29, 1.82) is 0 Å². The summed E-state index contributed by atoms with van der Waals surface area (Å²) in [5.74, 6) is 0.0780. The van der Waals surface area contributed by atoms with E-state index in [1.54, 1.807) is 18.2 Å². The van der Waals surface area contributed by atoms with Crippen LogP contribution in [0.25, 0.3) is 0 Å². The van der Waals surface area contributed by atoms with Crippen molar-refractivity contribution in [3.63, 3.8) is 0 Å². The average molecular weight is 416 g/mol. The van der Waals surface area contributed by atoms with Crippen molar-refractivity contribution in [3.8, 4) is 5.75 Å². The topological polar surface area (TPSA) is 140 Å². The molecule has 1 aromatic carbocycles. The summed E-state index contributed by atoms with van der Waals surface area (Å²) in [6, 6.07) is 8.71. The lowest BCUT2D eigenvalue weighted by Crippen LogP contribution is -2.43. The van der Waals surface area contributed by atoms with Gasteiger partial charge in [-0.05, 0) is 19.1 Å². The van der Waals surface area contributed by atoms with Crippen LogP contribution in [-0.4, -0.2) is 44.0 Å². The molecular weight excluding hydrogens is 398 g/mol. The minimum absolute atomic E-state index is 0.0780. The molecule has 1 aliphatic rings. The molecule has 1 aliphatic heterocycles. The Morgan fingerprint density at radius 2 is 2.00 bits per heavy atom. The van der Waals surface area contributed by atoms with Crippen molar-refractivity contribution >= 4 is 7.82 Å². The van der Waals surface area contributed by atoms with Crippen molar-refractivity contribution in [3.05, 3.63) is 63.4 Å². The molecule has 28 heavy (non-hydrogen) atoms. The number of H-pyrrole nitrogens is 1. The van der Waals surface area contributed by atoms with Gasteiger partial charge in [-0.15, -0.1) is 0 Å². The molecule has 3 rings (SSSR count).